The van der Waals surface area contributed by atoms with Gasteiger partial charge in [-0.3, -0.25) is 0 Å². The van der Waals surface area contributed by atoms with Gasteiger partial charge in [0.1, 0.15) is 35.9 Å². The van der Waals surface area contributed by atoms with Crippen molar-refractivity contribution in [3.63, 3.8) is 0 Å². The summed E-state index contributed by atoms with van der Waals surface area (Å²) in [4.78, 5) is 0. The number of aliphatic hydroxyl groups is 4. The third-order valence-corrected chi connectivity index (χ3v) is 4.38. The van der Waals surface area contributed by atoms with E-state index in [2.05, 4.69) is 0 Å². The molecule has 7 nitrogen and oxygen atoms in total. The van der Waals surface area contributed by atoms with Crippen LogP contribution in [0.15, 0.2) is 48.5 Å². The van der Waals surface area contributed by atoms with Crippen molar-refractivity contribution in [2.24, 2.45) is 0 Å². The van der Waals surface area contributed by atoms with E-state index in [1.165, 1.54) is 0 Å². The highest BCUT2D eigenvalue weighted by atomic mass is 16.7. The van der Waals surface area contributed by atoms with E-state index >= 15 is 0 Å². The molecular weight excluding hydrogens is 340 g/mol. The molecule has 0 aromatic heterocycles. The number of methoxy groups -OCH3 is 1. The summed E-state index contributed by atoms with van der Waals surface area (Å²) in [6.07, 6.45) is -6.63. The minimum atomic E-state index is -1.49. The molecule has 0 saturated carbocycles. The van der Waals surface area contributed by atoms with Gasteiger partial charge in [-0.1, -0.05) is 30.3 Å². The molecule has 5 atom stereocenters. The molecule has 2 aromatic carbocycles. The minimum Gasteiger partial charge on any atom is -0.497 e. The lowest BCUT2D eigenvalue weighted by Gasteiger charge is -2.39. The van der Waals surface area contributed by atoms with Gasteiger partial charge in [0.05, 0.1) is 13.7 Å². The topological polar surface area (TPSA) is 109 Å². The van der Waals surface area contributed by atoms with Crippen LogP contribution in [0.2, 0.25) is 0 Å². The molecule has 4 N–H and O–H groups in total. The molecule has 0 spiro atoms. The van der Waals surface area contributed by atoms with E-state index in [1.54, 1.807) is 19.2 Å². The van der Waals surface area contributed by atoms with Crippen LogP contribution < -0.4 is 9.47 Å². The summed E-state index contributed by atoms with van der Waals surface area (Å²) in [5.74, 6) is 1.16. The van der Waals surface area contributed by atoms with Gasteiger partial charge in [0.2, 0.25) is 6.29 Å². The highest BCUT2D eigenvalue weighted by molar-refractivity contribution is 5.70. The maximum atomic E-state index is 10.2. The monoisotopic (exact) mass is 362 g/mol. The summed E-state index contributed by atoms with van der Waals surface area (Å²) in [6.45, 7) is -0.509. The van der Waals surface area contributed by atoms with E-state index in [1.807, 2.05) is 36.4 Å². The molecule has 26 heavy (non-hydrogen) atoms. The molecule has 1 aliphatic heterocycles. The number of aliphatic hydroxyl groups excluding tert-OH is 4. The molecule has 2 aromatic rings. The van der Waals surface area contributed by atoms with Crippen molar-refractivity contribution >= 4 is 0 Å². The van der Waals surface area contributed by atoms with E-state index in [-0.39, 0.29) is 0 Å². The van der Waals surface area contributed by atoms with Crippen LogP contribution in [0.25, 0.3) is 11.1 Å². The van der Waals surface area contributed by atoms with Gasteiger partial charge in [0.15, 0.2) is 0 Å². The first-order chi connectivity index (χ1) is 12.5. The molecule has 1 saturated heterocycles. The smallest absolute Gasteiger partial charge is 0.229 e. The second-order valence-corrected chi connectivity index (χ2v) is 6.04. The zero-order valence-electron chi connectivity index (χ0n) is 14.2. The second-order valence-electron chi connectivity index (χ2n) is 6.04. The van der Waals surface area contributed by atoms with E-state index in [9.17, 15) is 20.4 Å². The molecule has 1 heterocycles. The van der Waals surface area contributed by atoms with Gasteiger partial charge in [-0.25, -0.2) is 0 Å². The van der Waals surface area contributed by atoms with Gasteiger partial charge < -0.3 is 34.6 Å². The summed E-state index contributed by atoms with van der Waals surface area (Å²) in [6, 6.07) is 14.6. The zero-order valence-corrected chi connectivity index (χ0v) is 14.2. The Kier molecular flexibility index (Phi) is 5.75. The average Bonchev–Trinajstić information content (AvgIpc) is 2.69. The highest BCUT2D eigenvalue weighted by Crippen LogP contribution is 2.33. The maximum absolute atomic E-state index is 10.2. The Morgan fingerprint density at radius 3 is 2.27 bits per heavy atom. The van der Waals surface area contributed by atoms with Crippen molar-refractivity contribution in [3.8, 4) is 22.6 Å². The van der Waals surface area contributed by atoms with Gasteiger partial charge in [-0.15, -0.1) is 0 Å². The Labute approximate surface area is 151 Å². The number of benzene rings is 2. The fraction of sp³-hybridized carbons (Fsp3) is 0.368. The van der Waals surface area contributed by atoms with Crippen molar-refractivity contribution in [1.29, 1.82) is 0 Å². The van der Waals surface area contributed by atoms with E-state index in [0.717, 1.165) is 16.9 Å². The second kappa shape index (κ2) is 8.03. The number of rotatable bonds is 5. The van der Waals surface area contributed by atoms with Crippen LogP contribution >= 0.6 is 0 Å². The molecular formula is C19H22O7. The maximum Gasteiger partial charge on any atom is 0.229 e. The van der Waals surface area contributed by atoms with Crippen LogP contribution in [0.1, 0.15) is 0 Å². The molecule has 3 rings (SSSR count). The Hall–Kier alpha value is -2.16. The van der Waals surface area contributed by atoms with Gasteiger partial charge in [0, 0.05) is 5.56 Å². The van der Waals surface area contributed by atoms with Crippen molar-refractivity contribution in [1.82, 2.24) is 0 Å². The quantitative estimate of drug-likeness (QED) is 0.615. The Morgan fingerprint density at radius 2 is 1.62 bits per heavy atom. The normalized spacial score (nSPS) is 28.6. The summed E-state index contributed by atoms with van der Waals surface area (Å²) in [5, 5.41) is 39.2. The lowest BCUT2D eigenvalue weighted by Crippen LogP contribution is -2.60. The van der Waals surface area contributed by atoms with Crippen LogP contribution in [0.3, 0.4) is 0 Å². The predicted octanol–water partition coefficient (Wildman–Crippen LogP) is 0.541. The average molecular weight is 362 g/mol. The van der Waals surface area contributed by atoms with Crippen molar-refractivity contribution in [2.45, 2.75) is 30.7 Å². The van der Waals surface area contributed by atoms with Crippen molar-refractivity contribution in [3.05, 3.63) is 48.5 Å². The number of hydrogen-bond donors (Lipinski definition) is 4. The Morgan fingerprint density at radius 1 is 0.923 bits per heavy atom. The van der Waals surface area contributed by atoms with Crippen molar-refractivity contribution < 1.29 is 34.6 Å². The summed E-state index contributed by atoms with van der Waals surface area (Å²) in [5.41, 5.74) is 1.62. The lowest BCUT2D eigenvalue weighted by molar-refractivity contribution is -0.277. The fourth-order valence-corrected chi connectivity index (χ4v) is 2.87. The van der Waals surface area contributed by atoms with Crippen LogP contribution in [0.4, 0.5) is 0 Å². The third kappa shape index (κ3) is 3.67. The molecule has 0 bridgehead atoms. The molecule has 140 valence electrons. The van der Waals surface area contributed by atoms with Gasteiger partial charge >= 0.3 is 0 Å². The molecule has 0 amide bonds. The lowest BCUT2D eigenvalue weighted by atomic mass is 9.99. The van der Waals surface area contributed by atoms with Crippen LogP contribution in [-0.4, -0.2) is 64.8 Å². The first-order valence-corrected chi connectivity index (χ1v) is 8.25. The molecule has 0 aliphatic carbocycles. The molecule has 0 radical (unpaired) electrons. The standard InChI is InChI=1S/C19H22O7/c1-24-12-8-6-11(7-9-12)13-4-2-3-5-14(13)25-19-18(23)17(22)16(21)15(10-20)26-19/h2-9,15-23H,10H2,1H3/t15-,16-,17+,18-,19-/m1/s1. The van der Waals surface area contributed by atoms with Crippen LogP contribution in [0, 0.1) is 0 Å². The molecule has 7 heteroatoms. The largest absolute Gasteiger partial charge is 0.497 e. The van der Waals surface area contributed by atoms with Crippen LogP contribution in [-0.2, 0) is 4.74 Å². The van der Waals surface area contributed by atoms with Gasteiger partial charge in [0.25, 0.3) is 0 Å². The summed E-state index contributed by atoms with van der Waals surface area (Å²) < 4.78 is 16.3. The molecule has 1 fully saturated rings. The fourth-order valence-electron chi connectivity index (χ4n) is 2.87. The highest BCUT2D eigenvalue weighted by Gasteiger charge is 2.44. The SMILES string of the molecule is COc1ccc(-c2ccccc2O[C@@H]2O[C@H](CO)[C@@H](O)[C@H](O)[C@H]2O)cc1. The third-order valence-electron chi connectivity index (χ3n) is 4.38. The van der Waals surface area contributed by atoms with E-state index < -0.39 is 37.3 Å². The molecule has 0 unspecified atom stereocenters. The van der Waals surface area contributed by atoms with Gasteiger partial charge in [-0.05, 0) is 23.8 Å². The number of hydrogen-bond acceptors (Lipinski definition) is 7. The summed E-state index contributed by atoms with van der Waals surface area (Å²) >= 11 is 0. The predicted molar refractivity (Wildman–Crippen MR) is 92.8 cm³/mol. The molecule has 1 aliphatic rings. The Bertz CT molecular complexity index is 716. The van der Waals surface area contributed by atoms with E-state index in [0.29, 0.717) is 5.75 Å². The first kappa shape index (κ1) is 18.6. The minimum absolute atomic E-state index is 0.432. The van der Waals surface area contributed by atoms with Crippen molar-refractivity contribution in [2.75, 3.05) is 13.7 Å². The number of para-hydroxylation sites is 1. The van der Waals surface area contributed by atoms with Crippen LogP contribution in [0.5, 0.6) is 11.5 Å². The Balaban J connectivity index is 1.86. The van der Waals surface area contributed by atoms with Gasteiger partial charge in [-0.2, -0.15) is 0 Å². The number of ether oxygens (including phenoxy) is 3. The van der Waals surface area contributed by atoms with E-state index in [4.69, 9.17) is 14.2 Å². The zero-order chi connectivity index (χ0) is 18.7. The summed E-state index contributed by atoms with van der Waals surface area (Å²) in [7, 11) is 1.59. The first-order valence-electron chi connectivity index (χ1n) is 8.25.